The fraction of sp³-hybridized carbons (Fsp3) is 0.391. The summed E-state index contributed by atoms with van der Waals surface area (Å²) in [6.45, 7) is 0. The zero-order chi connectivity index (χ0) is 22.7. The van der Waals surface area contributed by atoms with E-state index in [1.54, 1.807) is 42.5 Å². The average Bonchev–Trinajstić information content (AvgIpc) is 3.02. The molecule has 0 bridgehead atoms. The third kappa shape index (κ3) is 4.68. The van der Waals surface area contributed by atoms with Crippen LogP contribution in [0.3, 0.4) is 0 Å². The van der Waals surface area contributed by atoms with Gasteiger partial charge in [0.1, 0.15) is 10.9 Å². The third-order valence-electron chi connectivity index (χ3n) is 5.96. The molecule has 2 aromatic carbocycles. The molecule has 1 atom stereocenters. The van der Waals surface area contributed by atoms with Crippen molar-refractivity contribution >= 4 is 49.1 Å². The number of nitrogens with one attached hydrogen (secondary N) is 2. The molecule has 1 fully saturated rings. The molecule has 2 amide bonds. The van der Waals surface area contributed by atoms with Gasteiger partial charge >= 0.3 is 0 Å². The molecule has 0 saturated heterocycles. The Balaban J connectivity index is 1.67. The van der Waals surface area contributed by atoms with E-state index >= 15 is 0 Å². The number of hydrogen-bond acceptors (Lipinski definition) is 4. The number of para-hydroxylation sites is 2. The molecular weight excluding hydrogens is 494 g/mol. The SMILES string of the molecule is O=C(CC1C(=O)Nc2ccccc2N1S(=O)(=O)c1ccccc1Br)NC1CCCCCC1. The van der Waals surface area contributed by atoms with Crippen LogP contribution in [0.5, 0.6) is 0 Å². The third-order valence-corrected chi connectivity index (χ3v) is 8.79. The highest BCUT2D eigenvalue weighted by molar-refractivity contribution is 9.10. The number of carbonyl (C=O) groups excluding carboxylic acids is 2. The minimum absolute atomic E-state index is 0.0404. The number of anilines is 2. The van der Waals surface area contributed by atoms with E-state index in [0.29, 0.717) is 15.8 Å². The van der Waals surface area contributed by atoms with E-state index in [1.807, 2.05) is 0 Å². The van der Waals surface area contributed by atoms with Crippen LogP contribution < -0.4 is 14.9 Å². The Bertz CT molecular complexity index is 1110. The number of nitrogens with zero attached hydrogens (tertiary/aromatic N) is 1. The predicted octanol–water partition coefficient (Wildman–Crippen LogP) is 4.19. The van der Waals surface area contributed by atoms with Crippen molar-refractivity contribution in [1.29, 1.82) is 0 Å². The number of carbonyl (C=O) groups is 2. The lowest BCUT2D eigenvalue weighted by atomic mass is 10.1. The topological polar surface area (TPSA) is 95.6 Å². The molecule has 32 heavy (non-hydrogen) atoms. The van der Waals surface area contributed by atoms with Gasteiger partial charge in [0, 0.05) is 10.5 Å². The number of sulfonamides is 1. The highest BCUT2D eigenvalue weighted by Gasteiger charge is 2.42. The molecule has 1 unspecified atom stereocenters. The predicted molar refractivity (Wildman–Crippen MR) is 127 cm³/mol. The number of halogens is 1. The highest BCUT2D eigenvalue weighted by Crippen LogP contribution is 2.38. The summed E-state index contributed by atoms with van der Waals surface area (Å²) in [6.07, 6.45) is 6.00. The van der Waals surface area contributed by atoms with Crippen molar-refractivity contribution in [3.8, 4) is 0 Å². The highest BCUT2D eigenvalue weighted by atomic mass is 79.9. The van der Waals surface area contributed by atoms with E-state index in [-0.39, 0.29) is 23.3 Å². The van der Waals surface area contributed by atoms with Gasteiger partial charge in [-0.2, -0.15) is 0 Å². The number of benzene rings is 2. The molecule has 2 N–H and O–H groups in total. The van der Waals surface area contributed by atoms with E-state index < -0.39 is 22.0 Å². The van der Waals surface area contributed by atoms with Crippen LogP contribution in [0, 0.1) is 0 Å². The first-order valence-corrected chi connectivity index (χ1v) is 13.1. The van der Waals surface area contributed by atoms with Crippen LogP contribution in [0.15, 0.2) is 57.9 Å². The summed E-state index contributed by atoms with van der Waals surface area (Å²) in [5.41, 5.74) is 0.740. The molecule has 9 heteroatoms. The van der Waals surface area contributed by atoms with Gasteiger partial charge in [-0.1, -0.05) is 49.9 Å². The molecule has 0 aromatic heterocycles. The summed E-state index contributed by atoms with van der Waals surface area (Å²) in [5.74, 6) is -0.834. The van der Waals surface area contributed by atoms with Crippen molar-refractivity contribution in [1.82, 2.24) is 5.32 Å². The van der Waals surface area contributed by atoms with Crippen LogP contribution in [0.1, 0.15) is 44.9 Å². The van der Waals surface area contributed by atoms with Gasteiger partial charge in [-0.05, 0) is 53.0 Å². The molecule has 1 heterocycles. The summed E-state index contributed by atoms with van der Waals surface area (Å²) in [7, 11) is -4.13. The second kappa shape index (κ2) is 9.62. The van der Waals surface area contributed by atoms with Crippen LogP contribution >= 0.6 is 15.9 Å². The molecule has 2 aromatic rings. The van der Waals surface area contributed by atoms with E-state index in [1.165, 1.54) is 6.07 Å². The van der Waals surface area contributed by atoms with Gasteiger partial charge in [0.05, 0.1) is 17.8 Å². The number of fused-ring (bicyclic) bond motifs is 1. The maximum absolute atomic E-state index is 13.7. The van der Waals surface area contributed by atoms with Crippen LogP contribution in [0.4, 0.5) is 11.4 Å². The van der Waals surface area contributed by atoms with E-state index in [4.69, 9.17) is 0 Å². The van der Waals surface area contributed by atoms with Crippen LogP contribution in [-0.4, -0.2) is 32.3 Å². The van der Waals surface area contributed by atoms with Crippen molar-refractivity contribution in [3.05, 3.63) is 53.0 Å². The van der Waals surface area contributed by atoms with Crippen molar-refractivity contribution in [2.45, 2.75) is 61.9 Å². The van der Waals surface area contributed by atoms with E-state index in [0.717, 1.165) is 42.8 Å². The maximum atomic E-state index is 13.7. The fourth-order valence-corrected chi connectivity index (χ4v) is 6.98. The largest absolute Gasteiger partial charge is 0.353 e. The van der Waals surface area contributed by atoms with Gasteiger partial charge in [-0.15, -0.1) is 0 Å². The first-order valence-electron chi connectivity index (χ1n) is 10.9. The second-order valence-electron chi connectivity index (χ2n) is 8.21. The van der Waals surface area contributed by atoms with E-state index in [9.17, 15) is 18.0 Å². The van der Waals surface area contributed by atoms with Gasteiger partial charge in [0.25, 0.3) is 10.0 Å². The lowest BCUT2D eigenvalue weighted by Crippen LogP contribution is -2.53. The molecule has 0 radical (unpaired) electrons. The Hall–Kier alpha value is -2.39. The Morgan fingerprint density at radius 1 is 1.03 bits per heavy atom. The Morgan fingerprint density at radius 3 is 2.41 bits per heavy atom. The number of rotatable bonds is 5. The van der Waals surface area contributed by atoms with Crippen molar-refractivity contribution in [2.24, 2.45) is 0 Å². The first kappa shape index (κ1) is 22.8. The molecule has 170 valence electrons. The van der Waals surface area contributed by atoms with Gasteiger partial charge in [0.15, 0.2) is 0 Å². The summed E-state index contributed by atoms with van der Waals surface area (Å²) in [4.78, 5) is 25.9. The lowest BCUT2D eigenvalue weighted by molar-refractivity contribution is -0.125. The van der Waals surface area contributed by atoms with Gasteiger partial charge in [0.2, 0.25) is 11.8 Å². The normalized spacial score (nSPS) is 19.6. The molecule has 7 nitrogen and oxygen atoms in total. The van der Waals surface area contributed by atoms with Gasteiger partial charge in [-0.25, -0.2) is 8.42 Å². The smallest absolute Gasteiger partial charge is 0.266 e. The fourth-order valence-electron chi connectivity index (χ4n) is 4.38. The molecule has 4 rings (SSSR count). The van der Waals surface area contributed by atoms with Crippen LogP contribution in [-0.2, 0) is 19.6 Å². The average molecular weight is 520 g/mol. The minimum Gasteiger partial charge on any atom is -0.353 e. The molecule has 1 saturated carbocycles. The van der Waals surface area contributed by atoms with Crippen molar-refractivity contribution in [2.75, 3.05) is 9.62 Å². The quantitative estimate of drug-likeness (QED) is 0.578. The molecule has 2 aliphatic rings. The second-order valence-corrected chi connectivity index (χ2v) is 10.9. The Labute approximate surface area is 196 Å². The summed E-state index contributed by atoms with van der Waals surface area (Å²) in [5, 5.41) is 5.78. The molecular formula is C23H26BrN3O4S. The first-order chi connectivity index (χ1) is 15.4. The zero-order valence-corrected chi connectivity index (χ0v) is 20.0. The van der Waals surface area contributed by atoms with Crippen molar-refractivity contribution < 1.29 is 18.0 Å². The lowest BCUT2D eigenvalue weighted by Gasteiger charge is -2.37. The minimum atomic E-state index is -4.13. The Kier molecular flexibility index (Phi) is 6.85. The molecule has 0 spiro atoms. The molecule has 1 aliphatic carbocycles. The molecule has 1 aliphatic heterocycles. The zero-order valence-electron chi connectivity index (χ0n) is 17.6. The number of amides is 2. The Morgan fingerprint density at radius 2 is 1.69 bits per heavy atom. The number of hydrogen-bond donors (Lipinski definition) is 2. The standard InChI is InChI=1S/C23H26BrN3O4S/c24-17-11-5-8-14-21(17)32(30,31)27-19-13-7-6-12-18(19)26-23(29)20(27)15-22(28)25-16-9-3-1-2-4-10-16/h5-8,11-14,16,20H,1-4,9-10,15H2,(H,25,28)(H,26,29). The van der Waals surface area contributed by atoms with E-state index in [2.05, 4.69) is 26.6 Å². The monoisotopic (exact) mass is 519 g/mol. The maximum Gasteiger partial charge on any atom is 0.266 e. The van der Waals surface area contributed by atoms with Gasteiger partial charge in [-0.3, -0.25) is 13.9 Å². The van der Waals surface area contributed by atoms with Crippen molar-refractivity contribution in [3.63, 3.8) is 0 Å². The summed E-state index contributed by atoms with van der Waals surface area (Å²) in [6, 6.07) is 12.1. The van der Waals surface area contributed by atoms with Gasteiger partial charge < -0.3 is 10.6 Å². The van der Waals surface area contributed by atoms with Crippen LogP contribution in [0.25, 0.3) is 0 Å². The van der Waals surface area contributed by atoms with Crippen LogP contribution in [0.2, 0.25) is 0 Å². The summed E-state index contributed by atoms with van der Waals surface area (Å²) < 4.78 is 28.9. The summed E-state index contributed by atoms with van der Waals surface area (Å²) >= 11 is 3.31.